The van der Waals surface area contributed by atoms with Crippen LogP contribution in [-0.4, -0.2) is 54.3 Å². The summed E-state index contributed by atoms with van der Waals surface area (Å²) in [6.07, 6.45) is 4.48. The van der Waals surface area contributed by atoms with E-state index in [1.165, 1.54) is 11.8 Å². The number of aromatic hydroxyl groups is 1. The van der Waals surface area contributed by atoms with Gasteiger partial charge in [0.15, 0.2) is 12.0 Å². The number of aryl methyl sites for hydroxylation is 1. The number of benzene rings is 1. The van der Waals surface area contributed by atoms with Gasteiger partial charge in [0, 0.05) is 19.3 Å². The van der Waals surface area contributed by atoms with Gasteiger partial charge in [-0.05, 0) is 55.9 Å². The highest BCUT2D eigenvalue weighted by Gasteiger charge is 2.29. The highest BCUT2D eigenvalue weighted by atomic mass is 16.5. The minimum atomic E-state index is -0.748. The Kier molecular flexibility index (Phi) is 7.55. The van der Waals surface area contributed by atoms with Gasteiger partial charge in [-0.2, -0.15) is 0 Å². The van der Waals surface area contributed by atoms with Crippen LogP contribution < -0.4 is 10.6 Å². The van der Waals surface area contributed by atoms with E-state index >= 15 is 0 Å². The maximum atomic E-state index is 12.8. The van der Waals surface area contributed by atoms with Crippen molar-refractivity contribution in [3.8, 4) is 5.75 Å². The zero-order valence-corrected chi connectivity index (χ0v) is 20.0. The molecule has 0 bridgehead atoms. The second-order valence-electron chi connectivity index (χ2n) is 8.83. The van der Waals surface area contributed by atoms with Crippen LogP contribution in [0, 0.1) is 6.92 Å². The van der Waals surface area contributed by atoms with Crippen molar-refractivity contribution < 1.29 is 28.6 Å². The Bertz CT molecular complexity index is 1130. The molecule has 186 valence electrons. The number of nitrogens with one attached hydrogen (secondary N) is 2. The molecular weight excluding hydrogens is 450 g/mol. The van der Waals surface area contributed by atoms with Crippen LogP contribution in [-0.2, 0) is 14.3 Å². The minimum Gasteiger partial charge on any atom is -0.505 e. The van der Waals surface area contributed by atoms with E-state index in [0.29, 0.717) is 44.4 Å². The molecule has 0 spiro atoms. The molecule has 1 aromatic carbocycles. The number of anilines is 1. The van der Waals surface area contributed by atoms with Crippen molar-refractivity contribution >= 4 is 23.7 Å². The van der Waals surface area contributed by atoms with Gasteiger partial charge in [0.05, 0.1) is 30.5 Å². The van der Waals surface area contributed by atoms with Crippen molar-refractivity contribution in [1.82, 2.24) is 10.2 Å². The number of ether oxygens (including phenoxy) is 1. The summed E-state index contributed by atoms with van der Waals surface area (Å²) in [5.74, 6) is 0.833. The molecule has 1 saturated heterocycles. The zero-order valence-electron chi connectivity index (χ0n) is 20.0. The fourth-order valence-electron chi connectivity index (χ4n) is 4.22. The lowest BCUT2D eigenvalue weighted by Crippen LogP contribution is -2.40. The van der Waals surface area contributed by atoms with Gasteiger partial charge >= 0.3 is 0 Å². The first-order valence-corrected chi connectivity index (χ1v) is 11.9. The molecule has 1 aliphatic heterocycles. The quantitative estimate of drug-likeness (QED) is 0.204. The van der Waals surface area contributed by atoms with E-state index in [-0.39, 0.29) is 40.9 Å². The molecule has 9 heteroatoms. The molecule has 1 aliphatic carbocycles. The Morgan fingerprint density at radius 2 is 2.00 bits per heavy atom. The number of aldehydes is 1. The minimum absolute atomic E-state index is 0.0261. The Labute approximate surface area is 204 Å². The third-order valence-corrected chi connectivity index (χ3v) is 6.38. The fraction of sp³-hybridized carbons (Fsp3) is 0.423. The smallest absolute Gasteiger partial charge is 0.257 e. The van der Waals surface area contributed by atoms with Crippen molar-refractivity contribution in [3.63, 3.8) is 0 Å². The van der Waals surface area contributed by atoms with E-state index in [1.54, 1.807) is 23.1 Å². The van der Waals surface area contributed by atoms with E-state index in [2.05, 4.69) is 10.6 Å². The lowest BCUT2D eigenvalue weighted by atomic mass is 10.1. The molecule has 0 radical (unpaired) electrons. The largest absolute Gasteiger partial charge is 0.505 e. The fourth-order valence-corrected chi connectivity index (χ4v) is 4.22. The second-order valence-corrected chi connectivity index (χ2v) is 8.83. The van der Waals surface area contributed by atoms with E-state index in [1.807, 2.05) is 19.9 Å². The molecule has 1 aromatic heterocycles. The Balaban J connectivity index is 1.53. The normalized spacial score (nSPS) is 17.1. The summed E-state index contributed by atoms with van der Waals surface area (Å²) >= 11 is 0. The number of ketones is 1. The van der Waals surface area contributed by atoms with Gasteiger partial charge < -0.3 is 29.8 Å². The van der Waals surface area contributed by atoms with Crippen LogP contribution in [0.15, 0.2) is 40.6 Å². The number of hydrogen-bond donors (Lipinski definition) is 3. The molecule has 3 N–H and O–H groups in total. The number of carbonyl (C=O) groups excluding carboxylic acids is 3. The van der Waals surface area contributed by atoms with E-state index in [0.717, 1.165) is 18.6 Å². The lowest BCUT2D eigenvalue weighted by Gasteiger charge is -2.27. The summed E-state index contributed by atoms with van der Waals surface area (Å²) in [5.41, 5.74) is 1.60. The standard InChI is InChI=1S/C26H31N3O6/c1-3-20(24-13-19(16(2)35-24)17-7-8-17)28-22(23(31)15-30)14-27-21-6-4-5-18(25(21)32)26(33)29-9-11-34-12-10-29/h4-6,13-15,17,20,27-28,32H,3,7-12H2,1-2H3/b22-14-/t20-/m1/s1. The predicted octanol–water partition coefficient (Wildman–Crippen LogP) is 3.41. The number of Topliss-reactive ketones (excluding diaryl/α,β-unsaturated/α-hetero) is 1. The number of furan rings is 1. The lowest BCUT2D eigenvalue weighted by molar-refractivity contribution is -0.127. The molecule has 2 aromatic rings. The summed E-state index contributed by atoms with van der Waals surface area (Å²) in [7, 11) is 0. The summed E-state index contributed by atoms with van der Waals surface area (Å²) in [6.45, 7) is 5.69. The molecule has 2 fully saturated rings. The summed E-state index contributed by atoms with van der Waals surface area (Å²) < 4.78 is 11.2. The topological polar surface area (TPSA) is 121 Å². The van der Waals surface area contributed by atoms with Gasteiger partial charge in [-0.3, -0.25) is 14.4 Å². The molecule has 0 unspecified atom stereocenters. The zero-order chi connectivity index (χ0) is 24.9. The van der Waals surface area contributed by atoms with Crippen LogP contribution in [0.2, 0.25) is 0 Å². The Hall–Kier alpha value is -3.59. The number of morpholine rings is 1. The highest BCUT2D eigenvalue weighted by molar-refractivity contribution is 6.32. The van der Waals surface area contributed by atoms with Crippen molar-refractivity contribution in [2.24, 2.45) is 0 Å². The molecule has 2 heterocycles. The van der Waals surface area contributed by atoms with Gasteiger partial charge in [0.25, 0.3) is 5.91 Å². The van der Waals surface area contributed by atoms with Crippen LogP contribution in [0.25, 0.3) is 0 Å². The van der Waals surface area contributed by atoms with Crippen molar-refractivity contribution in [3.05, 3.63) is 58.8 Å². The molecule has 35 heavy (non-hydrogen) atoms. The molecule has 2 aliphatic rings. The summed E-state index contributed by atoms with van der Waals surface area (Å²) in [5, 5.41) is 16.7. The number of allylic oxidation sites excluding steroid dienone is 1. The average Bonchev–Trinajstić information content (AvgIpc) is 3.65. The Morgan fingerprint density at radius 3 is 2.66 bits per heavy atom. The van der Waals surface area contributed by atoms with Gasteiger partial charge in [-0.25, -0.2) is 0 Å². The molecule has 9 nitrogen and oxygen atoms in total. The highest BCUT2D eigenvalue weighted by Crippen LogP contribution is 2.43. The third-order valence-electron chi connectivity index (χ3n) is 6.38. The van der Waals surface area contributed by atoms with Crippen LogP contribution in [0.1, 0.15) is 65.6 Å². The van der Waals surface area contributed by atoms with E-state index in [9.17, 15) is 19.5 Å². The predicted molar refractivity (Wildman–Crippen MR) is 129 cm³/mol. The number of amides is 1. The number of phenolic OH excluding ortho intramolecular Hbond substituents is 1. The second kappa shape index (κ2) is 10.8. The number of para-hydroxylation sites is 1. The first-order chi connectivity index (χ1) is 16.9. The van der Waals surface area contributed by atoms with Crippen LogP contribution in [0.5, 0.6) is 5.75 Å². The van der Waals surface area contributed by atoms with Gasteiger partial charge in [-0.15, -0.1) is 0 Å². The van der Waals surface area contributed by atoms with Crippen molar-refractivity contribution in [2.75, 3.05) is 31.6 Å². The summed E-state index contributed by atoms with van der Waals surface area (Å²) in [6, 6.07) is 6.47. The summed E-state index contributed by atoms with van der Waals surface area (Å²) in [4.78, 5) is 38.1. The van der Waals surface area contributed by atoms with Gasteiger partial charge in [0.1, 0.15) is 17.2 Å². The first kappa shape index (κ1) is 24.5. The third kappa shape index (κ3) is 5.57. The molecule has 1 amide bonds. The van der Waals surface area contributed by atoms with Gasteiger partial charge in [-0.1, -0.05) is 13.0 Å². The number of hydrogen-bond acceptors (Lipinski definition) is 8. The number of rotatable bonds is 10. The molecule has 1 saturated carbocycles. The van der Waals surface area contributed by atoms with Crippen molar-refractivity contribution in [1.29, 1.82) is 0 Å². The molecular formula is C26H31N3O6. The number of phenols is 1. The maximum Gasteiger partial charge on any atom is 0.257 e. The first-order valence-electron chi connectivity index (χ1n) is 11.9. The monoisotopic (exact) mass is 481 g/mol. The molecule has 1 atom stereocenters. The van der Waals surface area contributed by atoms with Crippen LogP contribution >= 0.6 is 0 Å². The van der Waals surface area contributed by atoms with E-state index in [4.69, 9.17) is 9.15 Å². The SMILES string of the molecule is CC[C@@H](N/C(=C\Nc1cccc(C(=O)N2CCOCC2)c1O)C(=O)C=O)c1cc(C2CC2)c(C)o1. The average molecular weight is 482 g/mol. The van der Waals surface area contributed by atoms with Gasteiger partial charge in [0.2, 0.25) is 5.78 Å². The number of carbonyl (C=O) groups is 3. The number of nitrogens with zero attached hydrogens (tertiary/aromatic N) is 1. The van der Waals surface area contributed by atoms with Crippen LogP contribution in [0.4, 0.5) is 5.69 Å². The van der Waals surface area contributed by atoms with E-state index < -0.39 is 5.78 Å². The van der Waals surface area contributed by atoms with Crippen LogP contribution in [0.3, 0.4) is 0 Å². The maximum absolute atomic E-state index is 12.8. The molecule has 4 rings (SSSR count). The Morgan fingerprint density at radius 1 is 1.26 bits per heavy atom. The van der Waals surface area contributed by atoms with Crippen molar-refractivity contribution in [2.45, 2.75) is 45.1 Å².